The van der Waals surface area contributed by atoms with Crippen molar-refractivity contribution >= 4 is 6.09 Å². The second kappa shape index (κ2) is 6.76. The highest BCUT2D eigenvalue weighted by Gasteiger charge is 2.41. The summed E-state index contributed by atoms with van der Waals surface area (Å²) in [4.78, 5) is 15.2. The number of aromatic nitrogens is 2. The molecule has 1 aromatic carbocycles. The number of carbonyl (C=O) groups is 1. The molecule has 0 aliphatic carbocycles. The fourth-order valence-electron chi connectivity index (χ4n) is 4.27. The lowest BCUT2D eigenvalue weighted by Crippen LogP contribution is -2.32. The minimum atomic E-state index is -0.782. The molecule has 2 saturated heterocycles. The maximum atomic E-state index is 11.2. The Labute approximate surface area is 154 Å². The molecule has 26 heavy (non-hydrogen) atoms. The minimum Gasteiger partial charge on any atom is -0.465 e. The van der Waals surface area contributed by atoms with Crippen LogP contribution in [-0.2, 0) is 6.54 Å². The van der Waals surface area contributed by atoms with E-state index in [2.05, 4.69) is 37.1 Å². The van der Waals surface area contributed by atoms with E-state index in [9.17, 15) is 9.90 Å². The van der Waals surface area contributed by atoms with Crippen LogP contribution >= 0.6 is 0 Å². The summed E-state index contributed by atoms with van der Waals surface area (Å²) < 4.78 is 2.04. The zero-order valence-corrected chi connectivity index (χ0v) is 15.4. The summed E-state index contributed by atoms with van der Waals surface area (Å²) in [5.74, 6) is 0.929. The average molecular weight is 354 g/mol. The lowest BCUT2D eigenvalue weighted by Gasteiger charge is -2.19. The highest BCUT2D eigenvalue weighted by molar-refractivity contribution is 5.65. The predicted octanol–water partition coefficient (Wildman–Crippen LogP) is 3.17. The second-order valence-electron chi connectivity index (χ2n) is 7.84. The Morgan fingerprint density at radius 1 is 1.15 bits per heavy atom. The number of benzene rings is 1. The first-order chi connectivity index (χ1) is 12.5. The van der Waals surface area contributed by atoms with Crippen molar-refractivity contribution in [2.45, 2.75) is 26.4 Å². The molecule has 2 aliphatic heterocycles. The van der Waals surface area contributed by atoms with Gasteiger partial charge in [0.2, 0.25) is 0 Å². The maximum absolute atomic E-state index is 11.2. The third kappa shape index (κ3) is 3.21. The summed E-state index contributed by atoms with van der Waals surface area (Å²) in [5.41, 5.74) is 3.46. The molecule has 0 bridgehead atoms. The topological polar surface area (TPSA) is 61.6 Å². The van der Waals surface area contributed by atoms with Crippen LogP contribution in [-0.4, -0.2) is 57.0 Å². The van der Waals surface area contributed by atoms with Gasteiger partial charge in [0.05, 0.1) is 5.69 Å². The molecule has 2 unspecified atom stereocenters. The fourth-order valence-corrected chi connectivity index (χ4v) is 4.27. The second-order valence-corrected chi connectivity index (χ2v) is 7.84. The van der Waals surface area contributed by atoms with E-state index < -0.39 is 6.09 Å². The van der Waals surface area contributed by atoms with Gasteiger partial charge in [-0.2, -0.15) is 5.10 Å². The highest BCUT2D eigenvalue weighted by atomic mass is 16.4. The predicted molar refractivity (Wildman–Crippen MR) is 99.9 cm³/mol. The molecule has 4 rings (SSSR count). The average Bonchev–Trinajstić information content (AvgIpc) is 3.28. The molecule has 1 amide bonds. The highest BCUT2D eigenvalue weighted by Crippen LogP contribution is 2.33. The number of fused-ring (bicyclic) bond motifs is 1. The third-order valence-electron chi connectivity index (χ3n) is 5.61. The SMILES string of the molecule is CC(C)n1cc(CN2CC3CN(C(=O)O)CC3C2)c(-c2ccccc2)n1. The summed E-state index contributed by atoms with van der Waals surface area (Å²) in [6, 6.07) is 10.7. The number of rotatable bonds is 4. The number of likely N-dealkylation sites (tertiary alicyclic amines) is 2. The van der Waals surface area contributed by atoms with Gasteiger partial charge in [-0.1, -0.05) is 30.3 Å². The van der Waals surface area contributed by atoms with Crippen LogP contribution in [0.15, 0.2) is 36.5 Å². The standard InChI is InChI=1S/C20H26N4O2/c1-14(2)24-13-18(19(21-24)15-6-4-3-5-7-15)10-22-8-16-11-23(20(25)26)12-17(16)9-22/h3-7,13-14,16-17H,8-12H2,1-2H3,(H,25,26). The Hall–Kier alpha value is -2.34. The van der Waals surface area contributed by atoms with Gasteiger partial charge in [-0.3, -0.25) is 9.58 Å². The molecule has 138 valence electrons. The smallest absolute Gasteiger partial charge is 0.407 e. The van der Waals surface area contributed by atoms with Gasteiger partial charge < -0.3 is 10.0 Å². The monoisotopic (exact) mass is 354 g/mol. The quantitative estimate of drug-likeness (QED) is 0.916. The molecular formula is C20H26N4O2. The third-order valence-corrected chi connectivity index (χ3v) is 5.61. The molecule has 6 nitrogen and oxygen atoms in total. The van der Waals surface area contributed by atoms with Gasteiger partial charge in [-0.05, 0) is 25.7 Å². The van der Waals surface area contributed by atoms with Crippen LogP contribution in [0.5, 0.6) is 0 Å². The number of nitrogens with zero attached hydrogens (tertiary/aromatic N) is 4. The summed E-state index contributed by atoms with van der Waals surface area (Å²) in [6.45, 7) is 8.45. The van der Waals surface area contributed by atoms with E-state index in [-0.39, 0.29) is 0 Å². The molecule has 6 heteroatoms. The first-order valence-electron chi connectivity index (χ1n) is 9.35. The van der Waals surface area contributed by atoms with Crippen LogP contribution in [0.25, 0.3) is 11.3 Å². The van der Waals surface area contributed by atoms with Crippen LogP contribution in [0.4, 0.5) is 4.79 Å². The van der Waals surface area contributed by atoms with Crippen molar-refractivity contribution < 1.29 is 9.90 Å². The fraction of sp³-hybridized carbons (Fsp3) is 0.500. The lowest BCUT2D eigenvalue weighted by molar-refractivity contribution is 0.148. The minimum absolute atomic E-state index is 0.327. The van der Waals surface area contributed by atoms with Crippen LogP contribution < -0.4 is 0 Å². The van der Waals surface area contributed by atoms with Gasteiger partial charge in [0.25, 0.3) is 0 Å². The zero-order chi connectivity index (χ0) is 18.3. The molecule has 2 fully saturated rings. The van der Waals surface area contributed by atoms with E-state index >= 15 is 0 Å². The van der Waals surface area contributed by atoms with Crippen molar-refractivity contribution in [3.8, 4) is 11.3 Å². The Kier molecular flexibility index (Phi) is 4.44. The van der Waals surface area contributed by atoms with Crippen molar-refractivity contribution in [3.05, 3.63) is 42.1 Å². The van der Waals surface area contributed by atoms with Gasteiger partial charge in [0.15, 0.2) is 0 Å². The van der Waals surface area contributed by atoms with Crippen molar-refractivity contribution in [1.29, 1.82) is 0 Å². The molecule has 1 aromatic heterocycles. The maximum Gasteiger partial charge on any atom is 0.407 e. The Balaban J connectivity index is 1.52. The van der Waals surface area contributed by atoms with Gasteiger partial charge in [-0.15, -0.1) is 0 Å². The van der Waals surface area contributed by atoms with Crippen LogP contribution in [0, 0.1) is 11.8 Å². The summed E-state index contributed by atoms with van der Waals surface area (Å²) >= 11 is 0. The molecule has 2 atom stereocenters. The number of amides is 1. The Bertz CT molecular complexity index is 772. The van der Waals surface area contributed by atoms with E-state index in [1.165, 1.54) is 5.56 Å². The largest absolute Gasteiger partial charge is 0.465 e. The molecule has 0 radical (unpaired) electrons. The normalized spacial score (nSPS) is 23.0. The molecule has 1 N–H and O–H groups in total. The molecule has 2 aromatic rings. The first kappa shape index (κ1) is 17.1. The molecular weight excluding hydrogens is 328 g/mol. The van der Waals surface area contributed by atoms with E-state index in [4.69, 9.17) is 5.10 Å². The summed E-state index contributed by atoms with van der Waals surface area (Å²) in [5, 5.41) is 14.0. The zero-order valence-electron chi connectivity index (χ0n) is 15.4. The molecule has 3 heterocycles. The van der Waals surface area contributed by atoms with Gasteiger partial charge in [-0.25, -0.2) is 4.79 Å². The number of carboxylic acid groups (broad SMARTS) is 1. The van der Waals surface area contributed by atoms with E-state index in [0.717, 1.165) is 30.9 Å². The van der Waals surface area contributed by atoms with Crippen molar-refractivity contribution in [3.63, 3.8) is 0 Å². The summed E-state index contributed by atoms with van der Waals surface area (Å²) in [7, 11) is 0. The number of hydrogen-bond acceptors (Lipinski definition) is 3. The van der Waals surface area contributed by atoms with Gasteiger partial charge >= 0.3 is 6.09 Å². The van der Waals surface area contributed by atoms with Crippen LogP contribution in [0.1, 0.15) is 25.5 Å². The van der Waals surface area contributed by atoms with Crippen molar-refractivity contribution in [2.24, 2.45) is 11.8 Å². The Morgan fingerprint density at radius 3 is 2.38 bits per heavy atom. The van der Waals surface area contributed by atoms with E-state index in [1.807, 2.05) is 22.9 Å². The van der Waals surface area contributed by atoms with Crippen molar-refractivity contribution in [1.82, 2.24) is 19.6 Å². The Morgan fingerprint density at radius 2 is 1.81 bits per heavy atom. The van der Waals surface area contributed by atoms with Crippen LogP contribution in [0.2, 0.25) is 0 Å². The number of hydrogen-bond donors (Lipinski definition) is 1. The molecule has 0 saturated carbocycles. The van der Waals surface area contributed by atoms with E-state index in [1.54, 1.807) is 4.90 Å². The van der Waals surface area contributed by atoms with E-state index in [0.29, 0.717) is 31.0 Å². The van der Waals surface area contributed by atoms with Crippen molar-refractivity contribution in [2.75, 3.05) is 26.2 Å². The lowest BCUT2D eigenvalue weighted by atomic mass is 10.0. The van der Waals surface area contributed by atoms with Gasteiger partial charge in [0, 0.05) is 56.1 Å². The molecule has 0 spiro atoms. The first-order valence-corrected chi connectivity index (χ1v) is 9.35. The van der Waals surface area contributed by atoms with Crippen LogP contribution in [0.3, 0.4) is 0 Å². The summed E-state index contributed by atoms with van der Waals surface area (Å²) in [6.07, 6.45) is 1.39. The van der Waals surface area contributed by atoms with Gasteiger partial charge in [0.1, 0.15) is 0 Å². The molecule has 2 aliphatic rings.